The number of benzene rings is 1. The van der Waals surface area contributed by atoms with E-state index in [1.54, 1.807) is 0 Å². The average molecular weight is 225 g/mol. The Hall–Kier alpha value is -0.870. The second kappa shape index (κ2) is 5.28. The quantitative estimate of drug-likeness (QED) is 0.599. The van der Waals surface area contributed by atoms with E-state index in [-0.39, 0.29) is 6.10 Å². The molecule has 1 aliphatic heterocycles. The largest absolute Gasteiger partial charge is 0.486 e. The summed E-state index contributed by atoms with van der Waals surface area (Å²) in [5.41, 5.74) is 0. The summed E-state index contributed by atoms with van der Waals surface area (Å²) in [6, 6.07) is 7.75. The van der Waals surface area contributed by atoms with E-state index in [2.05, 4.69) is 17.9 Å². The third kappa shape index (κ3) is 2.79. The molecule has 1 aliphatic rings. The molecule has 1 atom stereocenters. The molecule has 1 heterocycles. The van der Waals surface area contributed by atoms with Gasteiger partial charge in [0.05, 0.1) is 0 Å². The van der Waals surface area contributed by atoms with Crippen molar-refractivity contribution in [2.75, 3.05) is 25.4 Å². The first-order valence-corrected chi connectivity index (χ1v) is 5.73. The Morgan fingerprint density at radius 1 is 1.33 bits per heavy atom. The summed E-state index contributed by atoms with van der Waals surface area (Å²) < 4.78 is 11.3. The van der Waals surface area contributed by atoms with Crippen molar-refractivity contribution in [1.29, 1.82) is 0 Å². The molecule has 1 aromatic rings. The third-order valence-corrected chi connectivity index (χ3v) is 2.45. The second-order valence-corrected chi connectivity index (χ2v) is 3.87. The zero-order chi connectivity index (χ0) is 10.5. The Morgan fingerprint density at radius 3 is 2.93 bits per heavy atom. The fraction of sp³-hybridized carbons (Fsp3) is 0.455. The highest BCUT2D eigenvalue weighted by Gasteiger charge is 2.19. The first-order chi connectivity index (χ1) is 7.40. The topological polar surface area (TPSA) is 30.5 Å². The van der Waals surface area contributed by atoms with E-state index in [0.717, 1.165) is 30.3 Å². The van der Waals surface area contributed by atoms with Crippen molar-refractivity contribution in [2.24, 2.45) is 0 Å². The second-order valence-electron chi connectivity index (χ2n) is 3.43. The van der Waals surface area contributed by atoms with Crippen molar-refractivity contribution < 1.29 is 9.47 Å². The van der Waals surface area contributed by atoms with Crippen LogP contribution in [0.1, 0.15) is 0 Å². The van der Waals surface area contributed by atoms with E-state index in [1.165, 1.54) is 0 Å². The molecule has 1 aromatic carbocycles. The van der Waals surface area contributed by atoms with Crippen molar-refractivity contribution >= 4 is 12.6 Å². The highest BCUT2D eigenvalue weighted by Crippen LogP contribution is 2.30. The minimum atomic E-state index is 0.0970. The zero-order valence-electron chi connectivity index (χ0n) is 8.48. The van der Waals surface area contributed by atoms with E-state index in [4.69, 9.17) is 9.47 Å². The summed E-state index contributed by atoms with van der Waals surface area (Å²) in [4.78, 5) is 0. The summed E-state index contributed by atoms with van der Waals surface area (Å²) >= 11 is 4.13. The average Bonchev–Trinajstić information content (AvgIpc) is 2.29. The molecule has 1 unspecified atom stereocenters. The van der Waals surface area contributed by atoms with Crippen LogP contribution < -0.4 is 14.8 Å². The minimum absolute atomic E-state index is 0.0970. The number of para-hydroxylation sites is 2. The molecule has 2 rings (SSSR count). The van der Waals surface area contributed by atoms with Crippen LogP contribution in [0.2, 0.25) is 0 Å². The maximum atomic E-state index is 5.77. The van der Waals surface area contributed by atoms with E-state index in [9.17, 15) is 0 Å². The Bertz CT molecular complexity index is 319. The molecule has 1 N–H and O–H groups in total. The number of fused-ring (bicyclic) bond motifs is 1. The number of hydrogen-bond donors (Lipinski definition) is 2. The molecule has 0 aliphatic carbocycles. The van der Waals surface area contributed by atoms with Crippen LogP contribution >= 0.6 is 12.6 Å². The standard InChI is InChI=1S/C11H15NO2S/c15-6-5-12-7-9-8-13-10-3-1-2-4-11(10)14-9/h1-4,9,12,15H,5-8H2. The highest BCUT2D eigenvalue weighted by molar-refractivity contribution is 7.80. The Morgan fingerprint density at radius 2 is 2.13 bits per heavy atom. The van der Waals surface area contributed by atoms with Crippen LogP contribution in [-0.4, -0.2) is 31.6 Å². The number of rotatable bonds is 4. The predicted octanol–water partition coefficient (Wildman–Crippen LogP) is 1.35. The van der Waals surface area contributed by atoms with E-state index in [1.807, 2.05) is 24.3 Å². The number of ether oxygens (including phenoxy) is 2. The molecule has 82 valence electrons. The number of thiol groups is 1. The Kier molecular flexibility index (Phi) is 3.75. The molecule has 15 heavy (non-hydrogen) atoms. The van der Waals surface area contributed by atoms with Gasteiger partial charge in [-0.05, 0) is 12.1 Å². The maximum absolute atomic E-state index is 5.77. The third-order valence-electron chi connectivity index (χ3n) is 2.23. The van der Waals surface area contributed by atoms with Gasteiger partial charge in [0.25, 0.3) is 0 Å². The van der Waals surface area contributed by atoms with Gasteiger partial charge in [0.1, 0.15) is 12.7 Å². The van der Waals surface area contributed by atoms with E-state index < -0.39 is 0 Å². The van der Waals surface area contributed by atoms with Crippen molar-refractivity contribution in [3.05, 3.63) is 24.3 Å². The van der Waals surface area contributed by atoms with Gasteiger partial charge in [-0.3, -0.25) is 0 Å². The predicted molar refractivity (Wildman–Crippen MR) is 63.1 cm³/mol. The van der Waals surface area contributed by atoms with Crippen LogP contribution in [0.15, 0.2) is 24.3 Å². The summed E-state index contributed by atoms with van der Waals surface area (Å²) in [5, 5.41) is 3.25. The molecule has 0 saturated carbocycles. The summed E-state index contributed by atoms with van der Waals surface area (Å²) in [6.07, 6.45) is 0.0970. The first-order valence-electron chi connectivity index (χ1n) is 5.10. The van der Waals surface area contributed by atoms with Crippen molar-refractivity contribution in [2.45, 2.75) is 6.10 Å². The molecule has 0 bridgehead atoms. The Labute approximate surface area is 95.2 Å². The summed E-state index contributed by atoms with van der Waals surface area (Å²) in [6.45, 7) is 2.30. The van der Waals surface area contributed by atoms with Gasteiger partial charge in [-0.1, -0.05) is 12.1 Å². The smallest absolute Gasteiger partial charge is 0.161 e. The van der Waals surface area contributed by atoms with Crippen molar-refractivity contribution in [3.63, 3.8) is 0 Å². The molecular formula is C11H15NO2S. The molecule has 4 heteroatoms. The first kappa shape index (κ1) is 10.6. The SMILES string of the molecule is SCCNCC1COc2ccccc2O1. The van der Waals surface area contributed by atoms with Crippen LogP contribution in [0.4, 0.5) is 0 Å². The van der Waals surface area contributed by atoms with Crippen LogP contribution in [0.3, 0.4) is 0 Å². The number of hydrogen-bond acceptors (Lipinski definition) is 4. The maximum Gasteiger partial charge on any atom is 0.161 e. The molecular weight excluding hydrogens is 210 g/mol. The Balaban J connectivity index is 1.88. The van der Waals surface area contributed by atoms with Gasteiger partial charge in [-0.15, -0.1) is 0 Å². The lowest BCUT2D eigenvalue weighted by molar-refractivity contribution is 0.0909. The van der Waals surface area contributed by atoms with Crippen molar-refractivity contribution in [1.82, 2.24) is 5.32 Å². The van der Waals surface area contributed by atoms with Gasteiger partial charge in [0, 0.05) is 18.8 Å². The zero-order valence-corrected chi connectivity index (χ0v) is 9.37. The van der Waals surface area contributed by atoms with Crippen molar-refractivity contribution in [3.8, 4) is 11.5 Å². The lowest BCUT2D eigenvalue weighted by Gasteiger charge is -2.26. The molecule has 0 spiro atoms. The molecule has 0 saturated heterocycles. The van der Waals surface area contributed by atoms with Gasteiger partial charge in [-0.2, -0.15) is 12.6 Å². The highest BCUT2D eigenvalue weighted by atomic mass is 32.1. The monoisotopic (exact) mass is 225 g/mol. The molecule has 0 fully saturated rings. The van der Waals surface area contributed by atoms with Crippen LogP contribution in [0.5, 0.6) is 11.5 Å². The molecule has 0 amide bonds. The summed E-state index contributed by atoms with van der Waals surface area (Å²) in [5.74, 6) is 2.51. The summed E-state index contributed by atoms with van der Waals surface area (Å²) in [7, 11) is 0. The van der Waals surface area contributed by atoms with Gasteiger partial charge >= 0.3 is 0 Å². The fourth-order valence-electron chi connectivity index (χ4n) is 1.51. The van der Waals surface area contributed by atoms with Crippen LogP contribution in [0, 0.1) is 0 Å². The van der Waals surface area contributed by atoms with Gasteiger partial charge in [-0.25, -0.2) is 0 Å². The fourth-order valence-corrected chi connectivity index (χ4v) is 1.66. The molecule has 3 nitrogen and oxygen atoms in total. The number of nitrogens with one attached hydrogen (secondary N) is 1. The van der Waals surface area contributed by atoms with Crippen LogP contribution in [0.25, 0.3) is 0 Å². The lowest BCUT2D eigenvalue weighted by Crippen LogP contribution is -2.39. The minimum Gasteiger partial charge on any atom is -0.486 e. The van der Waals surface area contributed by atoms with Gasteiger partial charge < -0.3 is 14.8 Å². The normalized spacial score (nSPS) is 18.9. The van der Waals surface area contributed by atoms with E-state index in [0.29, 0.717) is 6.61 Å². The molecule has 0 radical (unpaired) electrons. The van der Waals surface area contributed by atoms with Crippen LogP contribution in [-0.2, 0) is 0 Å². The van der Waals surface area contributed by atoms with Gasteiger partial charge in [0.15, 0.2) is 11.5 Å². The van der Waals surface area contributed by atoms with Gasteiger partial charge in [0.2, 0.25) is 0 Å². The lowest BCUT2D eigenvalue weighted by atomic mass is 10.2. The molecule has 0 aromatic heterocycles. The van der Waals surface area contributed by atoms with E-state index >= 15 is 0 Å².